The summed E-state index contributed by atoms with van der Waals surface area (Å²) >= 11 is 0. The summed E-state index contributed by atoms with van der Waals surface area (Å²) in [4.78, 5) is 48.2. The fraction of sp³-hybridized carbons (Fsp3) is 0.323. The molecule has 0 fully saturated rings. The lowest BCUT2D eigenvalue weighted by molar-refractivity contribution is -0.384. The van der Waals surface area contributed by atoms with Gasteiger partial charge in [-0.15, -0.1) is 0 Å². The van der Waals surface area contributed by atoms with E-state index in [1.807, 2.05) is 0 Å². The molecule has 1 N–H and O–H groups in total. The van der Waals surface area contributed by atoms with Gasteiger partial charge in [-0.1, -0.05) is 18.2 Å². The molecule has 14 heteroatoms. The van der Waals surface area contributed by atoms with Crippen molar-refractivity contribution < 1.29 is 47.1 Å². The van der Waals surface area contributed by atoms with Crippen molar-refractivity contribution in [2.24, 2.45) is 5.92 Å². The molecule has 0 unspecified atom stereocenters. The second-order valence-corrected chi connectivity index (χ2v) is 10.4. The molecule has 45 heavy (non-hydrogen) atoms. The highest BCUT2D eigenvalue weighted by Gasteiger charge is 2.32. The molecule has 1 atom stereocenters. The number of amides is 2. The molecule has 0 saturated carbocycles. The lowest BCUT2D eigenvalue weighted by Crippen LogP contribution is -2.37. The number of alkyl halides is 3. The van der Waals surface area contributed by atoms with Crippen LogP contribution in [0.3, 0.4) is 0 Å². The van der Waals surface area contributed by atoms with E-state index >= 15 is 0 Å². The number of hydrogen-bond acceptors (Lipinski definition) is 8. The molecule has 238 valence electrons. The van der Waals surface area contributed by atoms with Gasteiger partial charge in [0.25, 0.3) is 5.69 Å². The maximum absolute atomic E-state index is 13.3. The maximum Gasteiger partial charge on any atom is 0.416 e. The van der Waals surface area contributed by atoms with E-state index in [9.17, 15) is 42.8 Å². The van der Waals surface area contributed by atoms with Crippen LogP contribution in [0.5, 0.6) is 5.75 Å². The van der Waals surface area contributed by atoms with Gasteiger partial charge in [-0.25, -0.2) is 4.79 Å². The van der Waals surface area contributed by atoms with Crippen LogP contribution in [0.2, 0.25) is 0 Å². The number of hydrogen-bond donors (Lipinski definition) is 1. The molecule has 0 saturated heterocycles. The van der Waals surface area contributed by atoms with Gasteiger partial charge in [0.15, 0.2) is 0 Å². The minimum atomic E-state index is -4.50. The molecule has 1 aliphatic rings. The standard InChI is InChI=1S/C31H30F3N3O8/c32-31(33,34)25-7-2-20(3-8-25)17-36-18-24-15-27(11-6-22(24)14-23(29(36)40)16-28(38)39)44-13-1-12-35-30(41)45-19-21-4-9-26(10-5-21)37(42)43/h2-11,15,23H,1,12-14,16-19H2,(H,35,41)(H,38,39)/p-1/t23-/m0/s1. The van der Waals surface area contributed by atoms with E-state index in [1.54, 1.807) is 18.2 Å². The highest BCUT2D eigenvalue weighted by Crippen LogP contribution is 2.31. The van der Waals surface area contributed by atoms with E-state index in [-0.39, 0.29) is 45.0 Å². The monoisotopic (exact) mass is 628 g/mol. The lowest BCUT2D eigenvalue weighted by Gasteiger charge is -2.25. The highest BCUT2D eigenvalue weighted by molar-refractivity contribution is 5.83. The molecule has 3 aromatic carbocycles. The number of carboxylic acid groups (broad SMARTS) is 1. The van der Waals surface area contributed by atoms with Crippen molar-refractivity contribution in [1.82, 2.24) is 10.2 Å². The Morgan fingerprint density at radius 2 is 1.69 bits per heavy atom. The molecule has 0 aromatic heterocycles. The van der Waals surface area contributed by atoms with E-state index in [0.29, 0.717) is 28.9 Å². The van der Waals surface area contributed by atoms with Crippen molar-refractivity contribution in [3.63, 3.8) is 0 Å². The summed E-state index contributed by atoms with van der Waals surface area (Å²) in [5.74, 6) is -2.24. The topological polar surface area (TPSA) is 151 Å². The zero-order chi connectivity index (χ0) is 32.6. The van der Waals surface area contributed by atoms with Crippen molar-refractivity contribution in [2.45, 2.75) is 45.1 Å². The van der Waals surface area contributed by atoms with Gasteiger partial charge < -0.3 is 29.6 Å². The number of non-ortho nitro benzene ring substituents is 1. The molecule has 4 rings (SSSR count). The largest absolute Gasteiger partial charge is 0.550 e. The third-order valence-corrected chi connectivity index (χ3v) is 7.11. The Labute approximate surface area is 255 Å². The van der Waals surface area contributed by atoms with Crippen molar-refractivity contribution in [2.75, 3.05) is 13.2 Å². The van der Waals surface area contributed by atoms with Crippen LogP contribution in [0.1, 0.15) is 40.7 Å². The molecule has 0 aliphatic carbocycles. The van der Waals surface area contributed by atoms with Gasteiger partial charge in [0.05, 0.1) is 17.1 Å². The number of halogens is 3. The smallest absolute Gasteiger partial charge is 0.416 e. The highest BCUT2D eigenvalue weighted by atomic mass is 19.4. The van der Waals surface area contributed by atoms with Crippen LogP contribution >= 0.6 is 0 Å². The van der Waals surface area contributed by atoms with Crippen molar-refractivity contribution in [3.05, 3.63) is 105 Å². The SMILES string of the molecule is O=C([O-])C[C@@H]1Cc2ccc(OCCCNC(=O)OCc3ccc([N+](=O)[O-])cc3)cc2CN(Cc2ccc(C(F)(F)F)cc2)C1=O. The quantitative estimate of drug-likeness (QED) is 0.179. The fourth-order valence-corrected chi connectivity index (χ4v) is 4.81. The maximum atomic E-state index is 13.3. The number of alkyl carbamates (subject to hydrolysis) is 1. The zero-order valence-electron chi connectivity index (χ0n) is 23.9. The summed E-state index contributed by atoms with van der Waals surface area (Å²) in [5.41, 5.74) is 1.62. The number of carboxylic acids is 1. The van der Waals surface area contributed by atoms with Crippen LogP contribution in [0, 0.1) is 16.0 Å². The molecule has 0 radical (unpaired) electrons. The molecule has 1 aliphatic heterocycles. The third-order valence-electron chi connectivity index (χ3n) is 7.11. The first kappa shape index (κ1) is 32.8. The van der Waals surface area contributed by atoms with Crippen LogP contribution in [-0.2, 0) is 46.6 Å². The number of carbonyl (C=O) groups is 3. The number of aliphatic carboxylic acids is 1. The van der Waals surface area contributed by atoms with Gasteiger partial charge >= 0.3 is 12.3 Å². The minimum Gasteiger partial charge on any atom is -0.550 e. The number of nitrogens with one attached hydrogen (secondary N) is 1. The van der Waals surface area contributed by atoms with Gasteiger partial charge in [-0.3, -0.25) is 14.9 Å². The van der Waals surface area contributed by atoms with Gasteiger partial charge in [0.1, 0.15) is 12.4 Å². The van der Waals surface area contributed by atoms with Crippen molar-refractivity contribution >= 4 is 23.7 Å². The first-order chi connectivity index (χ1) is 21.4. The number of ether oxygens (including phenoxy) is 2. The van der Waals surface area contributed by atoms with Crippen LogP contribution in [0.25, 0.3) is 0 Å². The molecule has 2 amide bonds. The average molecular weight is 629 g/mol. The summed E-state index contributed by atoms with van der Waals surface area (Å²) < 4.78 is 49.8. The number of nitro benzene ring substituents is 1. The number of rotatable bonds is 12. The van der Waals surface area contributed by atoms with Crippen LogP contribution in [0.15, 0.2) is 66.7 Å². The van der Waals surface area contributed by atoms with Crippen LogP contribution in [0.4, 0.5) is 23.7 Å². The second-order valence-electron chi connectivity index (χ2n) is 10.4. The molecular formula is C31H29F3N3O8-. The zero-order valence-corrected chi connectivity index (χ0v) is 23.9. The Kier molecular flexibility index (Phi) is 10.6. The Balaban J connectivity index is 1.31. The summed E-state index contributed by atoms with van der Waals surface area (Å²) in [5, 5.41) is 24.7. The van der Waals surface area contributed by atoms with Crippen LogP contribution < -0.4 is 15.2 Å². The number of nitro groups is 1. The summed E-state index contributed by atoms with van der Waals surface area (Å²) in [6.07, 6.45) is -5.08. The number of nitrogens with zero attached hydrogens (tertiary/aromatic N) is 2. The fourth-order valence-electron chi connectivity index (χ4n) is 4.81. The predicted octanol–water partition coefficient (Wildman–Crippen LogP) is 4.15. The molecular weight excluding hydrogens is 599 g/mol. The first-order valence-electron chi connectivity index (χ1n) is 13.9. The second kappa shape index (κ2) is 14.6. The van der Waals surface area contributed by atoms with Gasteiger partial charge in [0, 0.05) is 43.7 Å². The van der Waals surface area contributed by atoms with Crippen molar-refractivity contribution in [1.29, 1.82) is 0 Å². The summed E-state index contributed by atoms with van der Waals surface area (Å²) in [6, 6.07) is 15.2. The number of fused-ring (bicyclic) bond motifs is 1. The minimum absolute atomic E-state index is 0.0169. The Morgan fingerprint density at radius 3 is 2.33 bits per heavy atom. The molecule has 0 bridgehead atoms. The van der Waals surface area contributed by atoms with Gasteiger partial charge in [-0.05, 0) is 77.9 Å². The summed E-state index contributed by atoms with van der Waals surface area (Å²) in [7, 11) is 0. The van der Waals surface area contributed by atoms with Gasteiger partial charge in [-0.2, -0.15) is 13.2 Å². The van der Waals surface area contributed by atoms with E-state index in [1.165, 1.54) is 41.3 Å². The summed E-state index contributed by atoms with van der Waals surface area (Å²) in [6.45, 7) is 0.486. The van der Waals surface area contributed by atoms with E-state index in [2.05, 4.69) is 5.32 Å². The van der Waals surface area contributed by atoms with E-state index < -0.39 is 47.0 Å². The molecule has 0 spiro atoms. The van der Waals surface area contributed by atoms with Crippen LogP contribution in [-0.4, -0.2) is 40.9 Å². The Hall–Kier alpha value is -5.14. The third kappa shape index (κ3) is 9.42. The number of carbonyl (C=O) groups excluding carboxylic acids is 3. The lowest BCUT2D eigenvalue weighted by atomic mass is 9.94. The molecule has 1 heterocycles. The first-order valence-corrected chi connectivity index (χ1v) is 13.9. The van der Waals surface area contributed by atoms with E-state index in [0.717, 1.165) is 17.7 Å². The normalized spacial score (nSPS) is 14.7. The van der Waals surface area contributed by atoms with Crippen molar-refractivity contribution in [3.8, 4) is 5.75 Å². The average Bonchev–Trinajstić information content (AvgIpc) is 3.11. The Morgan fingerprint density at radius 1 is 1.00 bits per heavy atom. The van der Waals surface area contributed by atoms with Gasteiger partial charge in [0.2, 0.25) is 5.91 Å². The molecule has 11 nitrogen and oxygen atoms in total. The number of benzene rings is 3. The predicted molar refractivity (Wildman–Crippen MR) is 150 cm³/mol. The van der Waals surface area contributed by atoms with E-state index in [4.69, 9.17) is 9.47 Å². The molecule has 3 aromatic rings. The Bertz CT molecular complexity index is 1530.